The summed E-state index contributed by atoms with van der Waals surface area (Å²) in [4.78, 5) is 26.2. The molecular weight excluding hydrogens is 387 g/mol. The van der Waals surface area contributed by atoms with E-state index < -0.39 is 11.9 Å². The lowest BCUT2D eigenvalue weighted by Crippen LogP contribution is -2.44. The molecule has 0 radical (unpaired) electrons. The van der Waals surface area contributed by atoms with Crippen molar-refractivity contribution >= 4 is 52.4 Å². The van der Waals surface area contributed by atoms with Gasteiger partial charge >= 0.3 is 6.03 Å². The molecule has 2 rings (SSSR count). The number of hydrogen-bond acceptors (Lipinski definition) is 3. The van der Waals surface area contributed by atoms with E-state index in [1.54, 1.807) is 37.3 Å². The second-order valence-corrected chi connectivity index (χ2v) is 6.13. The van der Waals surface area contributed by atoms with Gasteiger partial charge in [-0.25, -0.2) is 4.79 Å². The molecule has 8 heteroatoms. The molecule has 0 unspecified atom stereocenters. The molecule has 0 saturated carbocycles. The van der Waals surface area contributed by atoms with Gasteiger partial charge in [0, 0.05) is 17.3 Å². The zero-order valence-corrected chi connectivity index (χ0v) is 15.5. The van der Waals surface area contributed by atoms with Crippen LogP contribution in [-0.4, -0.2) is 25.3 Å². The minimum absolute atomic E-state index is 0.0339. The molecule has 0 atom stereocenters. The van der Waals surface area contributed by atoms with Gasteiger partial charge in [0.1, 0.15) is 6.73 Å². The van der Waals surface area contributed by atoms with E-state index in [9.17, 15) is 9.59 Å². The zero-order chi connectivity index (χ0) is 18.4. The van der Waals surface area contributed by atoms with Gasteiger partial charge in [-0.05, 0) is 43.3 Å². The lowest BCUT2D eigenvalue weighted by atomic mass is 10.2. The molecule has 132 valence electrons. The van der Waals surface area contributed by atoms with E-state index in [0.29, 0.717) is 17.3 Å². The maximum absolute atomic E-state index is 12.5. The van der Waals surface area contributed by atoms with E-state index in [2.05, 4.69) is 5.32 Å². The van der Waals surface area contributed by atoms with E-state index in [0.717, 1.165) is 0 Å². The number of carbonyl (C=O) groups excluding carboxylic acids is 2. The van der Waals surface area contributed by atoms with Crippen molar-refractivity contribution in [3.8, 4) is 0 Å². The van der Waals surface area contributed by atoms with Crippen molar-refractivity contribution in [2.45, 2.75) is 6.92 Å². The number of urea groups is 1. The third kappa shape index (κ3) is 5.09. The monoisotopic (exact) mass is 400 g/mol. The fourth-order valence-corrected chi connectivity index (χ4v) is 2.69. The molecule has 0 saturated heterocycles. The topological polar surface area (TPSA) is 58.6 Å². The highest BCUT2D eigenvalue weighted by Crippen LogP contribution is 2.24. The van der Waals surface area contributed by atoms with E-state index >= 15 is 0 Å². The first-order chi connectivity index (χ1) is 11.9. The summed E-state index contributed by atoms with van der Waals surface area (Å²) in [5.41, 5.74) is 0.556. The van der Waals surface area contributed by atoms with E-state index in [1.165, 1.54) is 17.0 Å². The molecule has 0 fully saturated rings. The quantitative estimate of drug-likeness (QED) is 0.717. The minimum Gasteiger partial charge on any atom is -0.361 e. The van der Waals surface area contributed by atoms with Crippen LogP contribution in [-0.2, 0) is 4.74 Å². The summed E-state index contributed by atoms with van der Waals surface area (Å²) in [6.45, 7) is 2.17. The number of carbonyl (C=O) groups is 2. The molecule has 0 aliphatic carbocycles. The highest BCUT2D eigenvalue weighted by Gasteiger charge is 2.22. The predicted molar refractivity (Wildman–Crippen MR) is 99.7 cm³/mol. The normalized spacial score (nSPS) is 10.4. The smallest absolute Gasteiger partial charge is 0.330 e. The molecule has 0 spiro atoms. The largest absolute Gasteiger partial charge is 0.361 e. The molecule has 0 aromatic heterocycles. The van der Waals surface area contributed by atoms with Crippen LogP contribution in [0.5, 0.6) is 0 Å². The van der Waals surface area contributed by atoms with Crippen molar-refractivity contribution in [1.29, 1.82) is 0 Å². The van der Waals surface area contributed by atoms with Crippen molar-refractivity contribution in [3.63, 3.8) is 0 Å². The number of benzene rings is 2. The number of nitrogens with zero attached hydrogens (tertiary/aromatic N) is 1. The van der Waals surface area contributed by atoms with Crippen LogP contribution in [0.3, 0.4) is 0 Å². The second kappa shape index (κ2) is 9.06. The van der Waals surface area contributed by atoms with Gasteiger partial charge in [0.25, 0.3) is 5.91 Å². The van der Waals surface area contributed by atoms with Crippen molar-refractivity contribution in [2.75, 3.05) is 18.2 Å². The molecule has 2 aromatic carbocycles. The van der Waals surface area contributed by atoms with Crippen LogP contribution in [0.25, 0.3) is 0 Å². The number of nitrogens with one attached hydrogen (secondary N) is 1. The highest BCUT2D eigenvalue weighted by atomic mass is 35.5. The Morgan fingerprint density at radius 3 is 2.20 bits per heavy atom. The number of imide groups is 1. The predicted octanol–water partition coefficient (Wildman–Crippen LogP) is 5.00. The number of amides is 3. The Hall–Kier alpha value is -1.79. The summed E-state index contributed by atoms with van der Waals surface area (Å²) in [5, 5.41) is 3.10. The molecule has 1 N–H and O–H groups in total. The average Bonchev–Trinajstić information content (AvgIpc) is 2.56. The number of rotatable bonds is 5. The van der Waals surface area contributed by atoms with E-state index in [-0.39, 0.29) is 22.3 Å². The van der Waals surface area contributed by atoms with Gasteiger partial charge in [0.2, 0.25) is 0 Å². The summed E-state index contributed by atoms with van der Waals surface area (Å²) >= 11 is 17.9. The Morgan fingerprint density at radius 1 is 1.04 bits per heavy atom. The minimum atomic E-state index is -0.698. The summed E-state index contributed by atoms with van der Waals surface area (Å²) in [6.07, 6.45) is 0. The van der Waals surface area contributed by atoms with Crippen molar-refractivity contribution < 1.29 is 14.3 Å². The lowest BCUT2D eigenvalue weighted by molar-refractivity contribution is 0.0961. The van der Waals surface area contributed by atoms with Gasteiger partial charge in [-0.2, -0.15) is 0 Å². The van der Waals surface area contributed by atoms with Gasteiger partial charge in [0.15, 0.2) is 0 Å². The molecule has 2 aromatic rings. The molecule has 0 aliphatic rings. The molecule has 25 heavy (non-hydrogen) atoms. The van der Waals surface area contributed by atoms with Crippen LogP contribution in [0, 0.1) is 0 Å². The third-order valence-electron chi connectivity index (χ3n) is 3.22. The van der Waals surface area contributed by atoms with E-state index in [4.69, 9.17) is 39.5 Å². The summed E-state index contributed by atoms with van der Waals surface area (Å²) in [5.74, 6) is -0.698. The Labute approximate surface area is 160 Å². The maximum atomic E-state index is 12.5. The van der Waals surface area contributed by atoms with E-state index in [1.807, 2.05) is 0 Å². The number of halogens is 3. The van der Waals surface area contributed by atoms with Crippen molar-refractivity contribution in [1.82, 2.24) is 5.32 Å². The van der Waals surface area contributed by atoms with Crippen LogP contribution >= 0.6 is 34.8 Å². The van der Waals surface area contributed by atoms with Gasteiger partial charge in [0.05, 0.1) is 15.6 Å². The molecule has 0 heterocycles. The van der Waals surface area contributed by atoms with Crippen LogP contribution in [0.15, 0.2) is 42.5 Å². The number of ether oxygens (including phenoxy) is 1. The van der Waals surface area contributed by atoms with Crippen molar-refractivity contribution in [3.05, 3.63) is 63.1 Å². The average molecular weight is 402 g/mol. The van der Waals surface area contributed by atoms with Gasteiger partial charge in [-0.3, -0.25) is 15.0 Å². The Kier molecular flexibility index (Phi) is 7.08. The summed E-state index contributed by atoms with van der Waals surface area (Å²) in [7, 11) is 0. The van der Waals surface area contributed by atoms with Crippen LogP contribution in [0.4, 0.5) is 10.5 Å². The van der Waals surface area contributed by atoms with Gasteiger partial charge in [-0.15, -0.1) is 0 Å². The molecule has 5 nitrogen and oxygen atoms in total. The Bertz CT molecular complexity index is 746. The van der Waals surface area contributed by atoms with Crippen LogP contribution < -0.4 is 10.2 Å². The first-order valence-electron chi connectivity index (χ1n) is 7.34. The third-order valence-corrected chi connectivity index (χ3v) is 4.10. The lowest BCUT2D eigenvalue weighted by Gasteiger charge is -2.22. The summed E-state index contributed by atoms with van der Waals surface area (Å²) in [6, 6.07) is 10.5. The summed E-state index contributed by atoms with van der Waals surface area (Å²) < 4.78 is 5.30. The van der Waals surface area contributed by atoms with Gasteiger partial charge < -0.3 is 4.74 Å². The van der Waals surface area contributed by atoms with Crippen LogP contribution in [0.2, 0.25) is 15.1 Å². The Morgan fingerprint density at radius 2 is 1.64 bits per heavy atom. The first-order valence-corrected chi connectivity index (χ1v) is 8.47. The molecule has 0 bridgehead atoms. The number of hydrogen-bond donors (Lipinski definition) is 1. The first kappa shape index (κ1) is 19.5. The van der Waals surface area contributed by atoms with Crippen LogP contribution in [0.1, 0.15) is 17.3 Å². The number of anilines is 1. The second-order valence-electron chi connectivity index (χ2n) is 4.88. The fraction of sp³-hybridized carbons (Fsp3) is 0.176. The standard InChI is InChI=1S/C17H15Cl3N2O3/c1-2-25-10-22(12-8-6-11(18)7-9-12)17(24)21-16(23)15-13(19)4-3-5-14(15)20/h3-9H,2,10H2,1H3,(H,21,23,24). The van der Waals surface area contributed by atoms with Crippen molar-refractivity contribution in [2.24, 2.45) is 0 Å². The molecular formula is C17H15Cl3N2O3. The molecule has 3 amide bonds. The molecule has 0 aliphatic heterocycles. The zero-order valence-electron chi connectivity index (χ0n) is 13.3. The maximum Gasteiger partial charge on any atom is 0.330 e. The fourth-order valence-electron chi connectivity index (χ4n) is 2.00. The highest BCUT2D eigenvalue weighted by molar-refractivity contribution is 6.40. The Balaban J connectivity index is 2.21. The van der Waals surface area contributed by atoms with Gasteiger partial charge in [-0.1, -0.05) is 40.9 Å². The SMILES string of the molecule is CCOCN(C(=O)NC(=O)c1c(Cl)cccc1Cl)c1ccc(Cl)cc1.